The Bertz CT molecular complexity index is 628. The number of carbonyl (C=O) groups excluding carboxylic acids is 1. The summed E-state index contributed by atoms with van der Waals surface area (Å²) in [7, 11) is 1.95. The predicted molar refractivity (Wildman–Crippen MR) is 91.2 cm³/mol. The van der Waals surface area contributed by atoms with Crippen molar-refractivity contribution >= 4 is 18.3 Å². The highest BCUT2D eigenvalue weighted by molar-refractivity contribution is 5.92. The summed E-state index contributed by atoms with van der Waals surface area (Å²) in [6.07, 6.45) is 3.92. The molecule has 1 aromatic carbocycles. The molecule has 1 amide bonds. The van der Waals surface area contributed by atoms with Gasteiger partial charge >= 0.3 is 0 Å². The third kappa shape index (κ3) is 4.09. The number of likely N-dealkylation sites (tertiary alicyclic amines) is 1. The van der Waals surface area contributed by atoms with Crippen LogP contribution in [0.15, 0.2) is 36.5 Å². The van der Waals surface area contributed by atoms with E-state index in [4.69, 9.17) is 0 Å². The van der Waals surface area contributed by atoms with Gasteiger partial charge in [-0.25, -0.2) is 4.68 Å². The zero-order valence-electron chi connectivity index (χ0n) is 13.2. The molecule has 23 heavy (non-hydrogen) atoms. The second-order valence-corrected chi connectivity index (χ2v) is 5.70. The van der Waals surface area contributed by atoms with E-state index in [0.29, 0.717) is 11.6 Å². The number of nitrogens with one attached hydrogen (secondary N) is 1. The molecule has 0 aliphatic carbocycles. The van der Waals surface area contributed by atoms with E-state index in [9.17, 15) is 4.79 Å². The summed E-state index contributed by atoms with van der Waals surface area (Å²) >= 11 is 0. The van der Waals surface area contributed by atoms with Gasteiger partial charge in [0.1, 0.15) is 0 Å². The summed E-state index contributed by atoms with van der Waals surface area (Å²) in [5.41, 5.74) is 1.31. The molecule has 124 valence electrons. The molecule has 1 aromatic heterocycles. The van der Waals surface area contributed by atoms with Crippen LogP contribution >= 0.6 is 12.4 Å². The van der Waals surface area contributed by atoms with Gasteiger partial charge in [0.25, 0.3) is 5.91 Å². The Labute approximate surface area is 142 Å². The van der Waals surface area contributed by atoms with Crippen molar-refractivity contribution < 1.29 is 4.79 Å². The molecule has 2 heterocycles. The third-order valence-corrected chi connectivity index (χ3v) is 4.03. The number of halogens is 1. The van der Waals surface area contributed by atoms with Gasteiger partial charge in [-0.15, -0.1) is 17.5 Å². The summed E-state index contributed by atoms with van der Waals surface area (Å²) in [4.78, 5) is 14.5. The molecule has 1 aliphatic heterocycles. The molecule has 2 aromatic rings. The van der Waals surface area contributed by atoms with Crippen molar-refractivity contribution in [2.45, 2.75) is 12.8 Å². The molecule has 1 N–H and O–H groups in total. The average Bonchev–Trinajstić information content (AvgIpc) is 3.05. The lowest BCUT2D eigenvalue weighted by Crippen LogP contribution is -2.42. The number of hydrogen-bond acceptors (Lipinski definition) is 4. The average molecular weight is 336 g/mol. The van der Waals surface area contributed by atoms with Crippen LogP contribution in [0.3, 0.4) is 0 Å². The number of para-hydroxylation sites is 1. The van der Waals surface area contributed by atoms with E-state index < -0.39 is 0 Å². The smallest absolute Gasteiger partial charge is 0.276 e. The van der Waals surface area contributed by atoms with Crippen LogP contribution in [0.4, 0.5) is 0 Å². The Morgan fingerprint density at radius 2 is 2.13 bits per heavy atom. The predicted octanol–water partition coefficient (Wildman–Crippen LogP) is 1.76. The van der Waals surface area contributed by atoms with E-state index in [1.807, 2.05) is 42.3 Å². The Balaban J connectivity index is 0.00000192. The maximum Gasteiger partial charge on any atom is 0.276 e. The molecule has 6 nitrogen and oxygen atoms in total. The van der Waals surface area contributed by atoms with Gasteiger partial charge in [-0.1, -0.05) is 23.4 Å². The van der Waals surface area contributed by atoms with Gasteiger partial charge < -0.3 is 10.2 Å². The fourth-order valence-electron chi connectivity index (χ4n) is 2.94. The van der Waals surface area contributed by atoms with E-state index in [1.165, 1.54) is 6.42 Å². The summed E-state index contributed by atoms with van der Waals surface area (Å²) in [5.74, 6) is 0.495. The number of aromatic nitrogens is 3. The van der Waals surface area contributed by atoms with Crippen molar-refractivity contribution in [2.24, 2.45) is 5.92 Å². The Kier molecular flexibility index (Phi) is 6.12. The SMILES string of the molecule is CNCC1CCCN(C(=O)c2cn(-c3ccccc3)nn2)C1.Cl. The molecular weight excluding hydrogens is 314 g/mol. The quantitative estimate of drug-likeness (QED) is 0.924. The first-order valence-corrected chi connectivity index (χ1v) is 7.69. The number of piperidine rings is 1. The largest absolute Gasteiger partial charge is 0.337 e. The maximum absolute atomic E-state index is 12.6. The van der Waals surface area contributed by atoms with Crippen molar-refractivity contribution in [1.29, 1.82) is 0 Å². The summed E-state index contributed by atoms with van der Waals surface area (Å²) in [6, 6.07) is 9.69. The molecule has 1 atom stereocenters. The van der Waals surface area contributed by atoms with Crippen molar-refractivity contribution in [1.82, 2.24) is 25.2 Å². The van der Waals surface area contributed by atoms with Gasteiger partial charge in [-0.2, -0.15) is 0 Å². The van der Waals surface area contributed by atoms with Crippen LogP contribution in [-0.2, 0) is 0 Å². The monoisotopic (exact) mass is 335 g/mol. The molecule has 0 saturated carbocycles. The molecule has 1 aliphatic rings. The molecule has 1 unspecified atom stereocenters. The van der Waals surface area contributed by atoms with Crippen molar-refractivity contribution in [3.63, 3.8) is 0 Å². The highest BCUT2D eigenvalue weighted by Crippen LogP contribution is 2.17. The lowest BCUT2D eigenvalue weighted by molar-refractivity contribution is 0.0668. The van der Waals surface area contributed by atoms with Crippen LogP contribution in [0.1, 0.15) is 23.3 Å². The van der Waals surface area contributed by atoms with Crippen molar-refractivity contribution in [3.05, 3.63) is 42.2 Å². The zero-order chi connectivity index (χ0) is 15.4. The Morgan fingerprint density at radius 3 is 2.87 bits per heavy atom. The highest BCUT2D eigenvalue weighted by Gasteiger charge is 2.25. The normalized spacial score (nSPS) is 17.6. The highest BCUT2D eigenvalue weighted by atomic mass is 35.5. The first-order valence-electron chi connectivity index (χ1n) is 7.69. The van der Waals surface area contributed by atoms with E-state index in [0.717, 1.165) is 31.7 Å². The zero-order valence-corrected chi connectivity index (χ0v) is 14.0. The van der Waals surface area contributed by atoms with Gasteiger partial charge in [-0.05, 0) is 44.5 Å². The number of nitrogens with zero attached hydrogens (tertiary/aromatic N) is 4. The third-order valence-electron chi connectivity index (χ3n) is 4.03. The first-order chi connectivity index (χ1) is 10.8. The van der Waals surface area contributed by atoms with Gasteiger partial charge in [0.2, 0.25) is 0 Å². The molecule has 0 radical (unpaired) electrons. The summed E-state index contributed by atoms with van der Waals surface area (Å²) in [5, 5.41) is 11.3. The topological polar surface area (TPSA) is 63.1 Å². The standard InChI is InChI=1S/C16H21N5O.ClH/c1-17-10-13-6-5-9-20(11-13)16(22)15-12-21(19-18-15)14-7-3-2-4-8-14;/h2-4,7-8,12-13,17H,5-6,9-11H2,1H3;1H. The van der Waals surface area contributed by atoms with Crippen LogP contribution in [0, 0.1) is 5.92 Å². The van der Waals surface area contributed by atoms with E-state index in [1.54, 1.807) is 10.9 Å². The molecular formula is C16H22ClN5O. The van der Waals surface area contributed by atoms with Crippen LogP contribution in [0.25, 0.3) is 5.69 Å². The number of carbonyl (C=O) groups is 1. The van der Waals surface area contributed by atoms with E-state index in [-0.39, 0.29) is 18.3 Å². The lowest BCUT2D eigenvalue weighted by atomic mass is 9.98. The van der Waals surface area contributed by atoms with Gasteiger partial charge in [-0.3, -0.25) is 4.79 Å². The van der Waals surface area contributed by atoms with Crippen LogP contribution in [0.5, 0.6) is 0 Å². The number of amides is 1. The molecule has 1 saturated heterocycles. The fourth-order valence-corrected chi connectivity index (χ4v) is 2.94. The molecule has 7 heteroatoms. The number of benzene rings is 1. The van der Waals surface area contributed by atoms with Crippen LogP contribution < -0.4 is 5.32 Å². The minimum atomic E-state index is -0.0250. The second kappa shape index (κ2) is 8.08. The minimum absolute atomic E-state index is 0. The lowest BCUT2D eigenvalue weighted by Gasteiger charge is -2.32. The second-order valence-electron chi connectivity index (χ2n) is 5.70. The molecule has 0 spiro atoms. The Morgan fingerprint density at radius 1 is 1.35 bits per heavy atom. The summed E-state index contributed by atoms with van der Waals surface area (Å²) in [6.45, 7) is 2.54. The minimum Gasteiger partial charge on any atom is -0.337 e. The van der Waals surface area contributed by atoms with Gasteiger partial charge in [0, 0.05) is 13.1 Å². The Hall–Kier alpha value is -1.92. The van der Waals surface area contributed by atoms with Gasteiger partial charge in [0.05, 0.1) is 11.9 Å². The summed E-state index contributed by atoms with van der Waals surface area (Å²) < 4.78 is 1.64. The molecule has 3 rings (SSSR count). The van der Waals surface area contributed by atoms with Crippen LogP contribution in [-0.4, -0.2) is 52.5 Å². The molecule has 1 fully saturated rings. The van der Waals surface area contributed by atoms with Crippen molar-refractivity contribution in [3.8, 4) is 5.69 Å². The van der Waals surface area contributed by atoms with E-state index >= 15 is 0 Å². The number of hydrogen-bond donors (Lipinski definition) is 1. The van der Waals surface area contributed by atoms with Crippen molar-refractivity contribution in [2.75, 3.05) is 26.7 Å². The maximum atomic E-state index is 12.6. The van der Waals surface area contributed by atoms with E-state index in [2.05, 4.69) is 15.6 Å². The number of rotatable bonds is 4. The first kappa shape index (κ1) is 17.4. The van der Waals surface area contributed by atoms with Crippen LogP contribution in [0.2, 0.25) is 0 Å². The fraction of sp³-hybridized carbons (Fsp3) is 0.438. The molecule has 0 bridgehead atoms. The van der Waals surface area contributed by atoms with Gasteiger partial charge in [0.15, 0.2) is 5.69 Å².